The van der Waals surface area contributed by atoms with Gasteiger partial charge in [-0.3, -0.25) is 4.79 Å². The molecule has 2 N–H and O–H groups in total. The molecule has 2 aromatic rings. The van der Waals surface area contributed by atoms with Gasteiger partial charge in [0.15, 0.2) is 5.76 Å². The van der Waals surface area contributed by atoms with Crippen LogP contribution in [0.3, 0.4) is 0 Å². The second-order valence-corrected chi connectivity index (χ2v) is 4.46. The zero-order valence-electron chi connectivity index (χ0n) is 11.2. The van der Waals surface area contributed by atoms with Crippen LogP contribution in [0.15, 0.2) is 40.8 Å². The van der Waals surface area contributed by atoms with Crippen molar-refractivity contribution in [3.63, 3.8) is 0 Å². The molecule has 19 heavy (non-hydrogen) atoms. The van der Waals surface area contributed by atoms with E-state index in [1.165, 1.54) is 0 Å². The largest absolute Gasteiger partial charge is 0.456 e. The SMILES string of the molecule is CCCN(C(=O)c1ccc(C)o1)c1cccc(N)c1. The van der Waals surface area contributed by atoms with Crippen molar-refractivity contribution in [2.24, 2.45) is 0 Å². The van der Waals surface area contributed by atoms with Crippen molar-refractivity contribution < 1.29 is 9.21 Å². The molecule has 4 heteroatoms. The van der Waals surface area contributed by atoms with Gasteiger partial charge < -0.3 is 15.1 Å². The number of aryl methyl sites for hydroxylation is 1. The first-order valence-electron chi connectivity index (χ1n) is 6.35. The molecule has 0 aliphatic rings. The molecule has 0 atom stereocenters. The van der Waals surface area contributed by atoms with Crippen LogP contribution in [0.1, 0.15) is 29.7 Å². The fourth-order valence-corrected chi connectivity index (χ4v) is 1.95. The third kappa shape index (κ3) is 2.96. The van der Waals surface area contributed by atoms with Gasteiger partial charge in [0.25, 0.3) is 5.91 Å². The molecule has 1 heterocycles. The molecular formula is C15H18N2O2. The van der Waals surface area contributed by atoms with E-state index < -0.39 is 0 Å². The lowest BCUT2D eigenvalue weighted by Gasteiger charge is -2.21. The standard InChI is InChI=1S/C15H18N2O2/c1-3-9-17(13-6-4-5-12(16)10-13)15(18)14-8-7-11(2)19-14/h4-8,10H,3,9,16H2,1-2H3. The maximum atomic E-state index is 12.5. The highest BCUT2D eigenvalue weighted by molar-refractivity contribution is 6.04. The van der Waals surface area contributed by atoms with Crippen LogP contribution in [-0.2, 0) is 0 Å². The molecule has 1 aromatic carbocycles. The summed E-state index contributed by atoms with van der Waals surface area (Å²) >= 11 is 0. The van der Waals surface area contributed by atoms with E-state index in [-0.39, 0.29) is 5.91 Å². The lowest BCUT2D eigenvalue weighted by molar-refractivity contribution is 0.0959. The van der Waals surface area contributed by atoms with Crippen LogP contribution in [0.2, 0.25) is 0 Å². The van der Waals surface area contributed by atoms with Crippen LogP contribution >= 0.6 is 0 Å². The Morgan fingerprint density at radius 3 is 2.68 bits per heavy atom. The number of nitrogens with two attached hydrogens (primary N) is 1. The summed E-state index contributed by atoms with van der Waals surface area (Å²) in [6.07, 6.45) is 0.861. The summed E-state index contributed by atoms with van der Waals surface area (Å²) in [5.41, 5.74) is 7.21. The van der Waals surface area contributed by atoms with Crippen molar-refractivity contribution in [3.05, 3.63) is 47.9 Å². The molecule has 0 bridgehead atoms. The van der Waals surface area contributed by atoms with Crippen LogP contribution < -0.4 is 10.6 Å². The van der Waals surface area contributed by atoms with E-state index in [9.17, 15) is 4.79 Å². The molecule has 0 saturated heterocycles. The Morgan fingerprint density at radius 1 is 1.32 bits per heavy atom. The lowest BCUT2D eigenvalue weighted by Crippen LogP contribution is -2.31. The average molecular weight is 258 g/mol. The van der Waals surface area contributed by atoms with Gasteiger partial charge in [0.2, 0.25) is 0 Å². The van der Waals surface area contributed by atoms with E-state index in [0.717, 1.165) is 17.9 Å². The highest BCUT2D eigenvalue weighted by atomic mass is 16.3. The summed E-state index contributed by atoms with van der Waals surface area (Å²) in [6.45, 7) is 4.48. The molecule has 0 aliphatic carbocycles. The van der Waals surface area contributed by atoms with Gasteiger partial charge in [-0.25, -0.2) is 0 Å². The highest BCUT2D eigenvalue weighted by Crippen LogP contribution is 2.21. The molecule has 100 valence electrons. The number of hydrogen-bond acceptors (Lipinski definition) is 3. The molecule has 1 amide bonds. The van der Waals surface area contributed by atoms with E-state index >= 15 is 0 Å². The molecule has 0 radical (unpaired) electrons. The van der Waals surface area contributed by atoms with Gasteiger partial charge in [-0.2, -0.15) is 0 Å². The van der Waals surface area contributed by atoms with E-state index in [0.29, 0.717) is 18.0 Å². The molecule has 0 fully saturated rings. The maximum absolute atomic E-state index is 12.5. The van der Waals surface area contributed by atoms with Crippen molar-refractivity contribution in [2.45, 2.75) is 20.3 Å². The van der Waals surface area contributed by atoms with E-state index in [4.69, 9.17) is 10.2 Å². The summed E-state index contributed by atoms with van der Waals surface area (Å²) in [5.74, 6) is 0.946. The topological polar surface area (TPSA) is 59.5 Å². The monoisotopic (exact) mass is 258 g/mol. The number of furan rings is 1. The Balaban J connectivity index is 2.32. The van der Waals surface area contributed by atoms with Crippen molar-refractivity contribution in [2.75, 3.05) is 17.2 Å². The normalized spacial score (nSPS) is 10.4. The Morgan fingerprint density at radius 2 is 2.11 bits per heavy atom. The van der Waals surface area contributed by atoms with Gasteiger partial charge in [-0.05, 0) is 43.7 Å². The maximum Gasteiger partial charge on any atom is 0.293 e. The number of nitrogens with zero attached hydrogens (tertiary/aromatic N) is 1. The Hall–Kier alpha value is -2.23. The minimum Gasteiger partial charge on any atom is -0.456 e. The Bertz CT molecular complexity index is 575. The van der Waals surface area contributed by atoms with Crippen LogP contribution in [-0.4, -0.2) is 12.5 Å². The highest BCUT2D eigenvalue weighted by Gasteiger charge is 2.19. The minimum atomic E-state index is -0.138. The first-order chi connectivity index (χ1) is 9.11. The number of hydrogen-bond donors (Lipinski definition) is 1. The average Bonchev–Trinajstić information content (AvgIpc) is 2.82. The van der Waals surface area contributed by atoms with Crippen LogP contribution in [0.4, 0.5) is 11.4 Å². The summed E-state index contributed by atoms with van der Waals surface area (Å²) in [4.78, 5) is 14.1. The number of amides is 1. The minimum absolute atomic E-state index is 0.138. The summed E-state index contributed by atoms with van der Waals surface area (Å²) in [5, 5.41) is 0. The third-order valence-corrected chi connectivity index (χ3v) is 2.83. The van der Waals surface area contributed by atoms with Gasteiger partial charge in [0, 0.05) is 17.9 Å². The summed E-state index contributed by atoms with van der Waals surface area (Å²) in [7, 11) is 0. The molecule has 0 aliphatic heterocycles. The molecular weight excluding hydrogens is 240 g/mol. The first kappa shape index (κ1) is 13.2. The number of benzene rings is 1. The first-order valence-corrected chi connectivity index (χ1v) is 6.35. The van der Waals surface area contributed by atoms with E-state index in [1.54, 1.807) is 29.2 Å². The van der Waals surface area contributed by atoms with Crippen molar-refractivity contribution in [1.82, 2.24) is 0 Å². The zero-order valence-corrected chi connectivity index (χ0v) is 11.2. The van der Waals surface area contributed by atoms with Gasteiger partial charge in [0.05, 0.1) is 0 Å². The number of nitrogen functional groups attached to an aromatic ring is 1. The molecule has 0 spiro atoms. The van der Waals surface area contributed by atoms with Gasteiger partial charge >= 0.3 is 0 Å². The van der Waals surface area contributed by atoms with Crippen LogP contribution in [0.5, 0.6) is 0 Å². The second kappa shape index (κ2) is 5.61. The van der Waals surface area contributed by atoms with Crippen molar-refractivity contribution in [3.8, 4) is 0 Å². The zero-order chi connectivity index (χ0) is 13.8. The quantitative estimate of drug-likeness (QED) is 0.856. The molecule has 4 nitrogen and oxygen atoms in total. The molecule has 0 unspecified atom stereocenters. The second-order valence-electron chi connectivity index (χ2n) is 4.46. The van der Waals surface area contributed by atoms with E-state index in [1.807, 2.05) is 26.0 Å². The summed E-state index contributed by atoms with van der Waals surface area (Å²) < 4.78 is 5.40. The number of anilines is 2. The number of carbonyl (C=O) groups is 1. The van der Waals surface area contributed by atoms with Crippen LogP contribution in [0, 0.1) is 6.92 Å². The molecule has 0 saturated carbocycles. The Labute approximate surface area is 112 Å². The summed E-state index contributed by atoms with van der Waals surface area (Å²) in [6, 6.07) is 10.8. The predicted octanol–water partition coefficient (Wildman–Crippen LogP) is 3.23. The molecule has 1 aromatic heterocycles. The number of rotatable bonds is 4. The molecule has 2 rings (SSSR count). The predicted molar refractivity (Wildman–Crippen MR) is 76.3 cm³/mol. The lowest BCUT2D eigenvalue weighted by atomic mass is 10.2. The number of carbonyl (C=O) groups excluding carboxylic acids is 1. The van der Waals surface area contributed by atoms with Gasteiger partial charge in [-0.15, -0.1) is 0 Å². The Kier molecular flexibility index (Phi) is 3.90. The fraction of sp³-hybridized carbons (Fsp3) is 0.267. The smallest absolute Gasteiger partial charge is 0.293 e. The van der Waals surface area contributed by atoms with Crippen LogP contribution in [0.25, 0.3) is 0 Å². The van der Waals surface area contributed by atoms with Gasteiger partial charge in [-0.1, -0.05) is 13.0 Å². The fourth-order valence-electron chi connectivity index (χ4n) is 1.95. The van der Waals surface area contributed by atoms with Crippen molar-refractivity contribution in [1.29, 1.82) is 0 Å². The third-order valence-electron chi connectivity index (χ3n) is 2.83. The van der Waals surface area contributed by atoms with Gasteiger partial charge in [0.1, 0.15) is 5.76 Å². The van der Waals surface area contributed by atoms with E-state index in [2.05, 4.69) is 0 Å². The van der Waals surface area contributed by atoms with Crippen molar-refractivity contribution >= 4 is 17.3 Å².